The van der Waals surface area contributed by atoms with Crippen LogP contribution in [0.1, 0.15) is 38.2 Å². The number of nitrogens with zero attached hydrogens (tertiary/aromatic N) is 1. The third-order valence-electron chi connectivity index (χ3n) is 3.47. The van der Waals surface area contributed by atoms with Gasteiger partial charge in [0.25, 0.3) is 0 Å². The van der Waals surface area contributed by atoms with Crippen LogP contribution in [0.4, 0.5) is 5.69 Å². The highest BCUT2D eigenvalue weighted by Crippen LogP contribution is 2.35. The van der Waals surface area contributed by atoms with E-state index in [1.54, 1.807) is 18.5 Å². The van der Waals surface area contributed by atoms with E-state index in [1.807, 2.05) is 6.92 Å². The van der Waals surface area contributed by atoms with E-state index in [2.05, 4.69) is 4.98 Å². The Bertz CT molecular complexity index is 359. The van der Waals surface area contributed by atoms with Crippen molar-refractivity contribution in [2.45, 2.75) is 44.6 Å². The fourth-order valence-corrected chi connectivity index (χ4v) is 2.39. The molecule has 2 rings (SSSR count). The summed E-state index contributed by atoms with van der Waals surface area (Å²) in [5, 5.41) is 10.3. The summed E-state index contributed by atoms with van der Waals surface area (Å²) >= 11 is 0. The number of aromatic nitrogens is 1. The fourth-order valence-electron chi connectivity index (χ4n) is 2.39. The first-order chi connectivity index (χ1) is 7.57. The fraction of sp³-hybridized carbons (Fsp3) is 0.615. The van der Waals surface area contributed by atoms with Gasteiger partial charge < -0.3 is 10.8 Å². The molecule has 1 aliphatic rings. The smallest absolute Gasteiger partial charge is 0.0663 e. The SMILES string of the molecule is CC(O)(Cc1cnccc1N)CC1CCC1. The molecule has 1 atom stereocenters. The number of rotatable bonds is 4. The molecule has 1 aliphatic carbocycles. The molecule has 1 saturated carbocycles. The van der Waals surface area contributed by atoms with E-state index >= 15 is 0 Å². The van der Waals surface area contributed by atoms with Gasteiger partial charge in [-0.15, -0.1) is 0 Å². The summed E-state index contributed by atoms with van der Waals surface area (Å²) < 4.78 is 0. The molecule has 1 heterocycles. The van der Waals surface area contributed by atoms with Crippen LogP contribution >= 0.6 is 0 Å². The lowest BCUT2D eigenvalue weighted by atomic mass is 9.76. The van der Waals surface area contributed by atoms with Crippen molar-refractivity contribution in [3.63, 3.8) is 0 Å². The number of pyridine rings is 1. The molecule has 1 unspecified atom stereocenters. The van der Waals surface area contributed by atoms with Crippen molar-refractivity contribution in [3.8, 4) is 0 Å². The Morgan fingerprint density at radius 2 is 2.31 bits per heavy atom. The van der Waals surface area contributed by atoms with Crippen molar-refractivity contribution in [3.05, 3.63) is 24.0 Å². The van der Waals surface area contributed by atoms with Gasteiger partial charge in [-0.05, 0) is 30.9 Å². The van der Waals surface area contributed by atoms with Crippen LogP contribution in [0.15, 0.2) is 18.5 Å². The normalized spacial score (nSPS) is 20.1. The number of nitrogens with two attached hydrogens (primary N) is 1. The monoisotopic (exact) mass is 220 g/mol. The molecule has 0 saturated heterocycles. The highest BCUT2D eigenvalue weighted by atomic mass is 16.3. The Hall–Kier alpha value is -1.09. The first-order valence-electron chi connectivity index (χ1n) is 5.97. The largest absolute Gasteiger partial charge is 0.398 e. The molecule has 1 fully saturated rings. The molecule has 1 aromatic heterocycles. The zero-order chi connectivity index (χ0) is 11.6. The number of anilines is 1. The minimum Gasteiger partial charge on any atom is -0.398 e. The molecule has 0 aliphatic heterocycles. The van der Waals surface area contributed by atoms with E-state index in [4.69, 9.17) is 5.73 Å². The Labute approximate surface area is 96.7 Å². The lowest BCUT2D eigenvalue weighted by molar-refractivity contribution is 0.0205. The molecule has 3 nitrogen and oxygen atoms in total. The van der Waals surface area contributed by atoms with Crippen molar-refractivity contribution in [1.82, 2.24) is 4.98 Å². The zero-order valence-electron chi connectivity index (χ0n) is 9.82. The Morgan fingerprint density at radius 3 is 2.88 bits per heavy atom. The molecule has 1 aromatic rings. The summed E-state index contributed by atoms with van der Waals surface area (Å²) in [5.74, 6) is 0.702. The first kappa shape index (κ1) is 11.4. The van der Waals surface area contributed by atoms with E-state index < -0.39 is 5.60 Å². The molecule has 3 N–H and O–H groups in total. The summed E-state index contributed by atoms with van der Waals surface area (Å²) in [6, 6.07) is 1.79. The minimum atomic E-state index is -0.651. The van der Waals surface area contributed by atoms with Crippen LogP contribution in [-0.4, -0.2) is 15.7 Å². The van der Waals surface area contributed by atoms with Crippen molar-refractivity contribution in [2.24, 2.45) is 5.92 Å². The predicted molar refractivity (Wildman–Crippen MR) is 64.9 cm³/mol. The van der Waals surface area contributed by atoms with Crippen molar-refractivity contribution < 1.29 is 5.11 Å². The van der Waals surface area contributed by atoms with Gasteiger partial charge in [0.05, 0.1) is 5.60 Å². The zero-order valence-corrected chi connectivity index (χ0v) is 9.82. The van der Waals surface area contributed by atoms with Crippen LogP contribution < -0.4 is 5.73 Å². The van der Waals surface area contributed by atoms with Gasteiger partial charge in [-0.25, -0.2) is 0 Å². The summed E-state index contributed by atoms with van der Waals surface area (Å²) in [7, 11) is 0. The van der Waals surface area contributed by atoms with E-state index in [1.165, 1.54) is 19.3 Å². The molecule has 0 aromatic carbocycles. The summed E-state index contributed by atoms with van der Waals surface area (Å²) in [4.78, 5) is 4.05. The van der Waals surface area contributed by atoms with Crippen molar-refractivity contribution in [2.75, 3.05) is 5.73 Å². The van der Waals surface area contributed by atoms with Gasteiger partial charge in [-0.2, -0.15) is 0 Å². The van der Waals surface area contributed by atoms with Crippen LogP contribution in [0.5, 0.6) is 0 Å². The molecule has 16 heavy (non-hydrogen) atoms. The van der Waals surface area contributed by atoms with E-state index in [0.717, 1.165) is 17.7 Å². The molecular formula is C13H20N2O. The number of hydrogen-bond acceptors (Lipinski definition) is 3. The molecule has 0 radical (unpaired) electrons. The van der Waals surface area contributed by atoms with Gasteiger partial charge in [0.2, 0.25) is 0 Å². The predicted octanol–water partition coefficient (Wildman–Crippen LogP) is 2.15. The van der Waals surface area contributed by atoms with Crippen molar-refractivity contribution >= 4 is 5.69 Å². The second kappa shape index (κ2) is 4.42. The Balaban J connectivity index is 1.99. The van der Waals surface area contributed by atoms with Gasteiger partial charge in [-0.1, -0.05) is 19.3 Å². The summed E-state index contributed by atoms with van der Waals surface area (Å²) in [6.45, 7) is 1.90. The van der Waals surface area contributed by atoms with Crippen LogP contribution in [0.25, 0.3) is 0 Å². The molecule has 3 heteroatoms. The van der Waals surface area contributed by atoms with Crippen LogP contribution in [0.3, 0.4) is 0 Å². The number of aliphatic hydroxyl groups is 1. The lowest BCUT2D eigenvalue weighted by Gasteiger charge is -2.33. The number of nitrogen functional groups attached to an aromatic ring is 1. The standard InChI is InChI=1S/C13H20N2O/c1-13(16,7-10-3-2-4-10)8-11-9-15-6-5-12(11)14/h5-6,9-10,16H,2-4,7-8H2,1H3,(H2,14,15). The van der Waals surface area contributed by atoms with Crippen molar-refractivity contribution in [1.29, 1.82) is 0 Å². The average Bonchev–Trinajstić information content (AvgIpc) is 2.16. The maximum atomic E-state index is 10.3. The molecule has 0 spiro atoms. The van der Waals surface area contributed by atoms with Gasteiger partial charge >= 0.3 is 0 Å². The second-order valence-electron chi connectivity index (χ2n) is 5.25. The van der Waals surface area contributed by atoms with Gasteiger partial charge in [0.1, 0.15) is 0 Å². The van der Waals surface area contributed by atoms with Crippen LogP contribution in [0, 0.1) is 5.92 Å². The van der Waals surface area contributed by atoms with Crippen LogP contribution in [0.2, 0.25) is 0 Å². The highest BCUT2D eigenvalue weighted by Gasteiger charge is 2.29. The molecular weight excluding hydrogens is 200 g/mol. The molecule has 0 bridgehead atoms. The maximum Gasteiger partial charge on any atom is 0.0663 e. The average molecular weight is 220 g/mol. The van der Waals surface area contributed by atoms with Gasteiger partial charge in [0.15, 0.2) is 0 Å². The second-order valence-corrected chi connectivity index (χ2v) is 5.25. The highest BCUT2D eigenvalue weighted by molar-refractivity contribution is 5.44. The molecule has 0 amide bonds. The first-order valence-corrected chi connectivity index (χ1v) is 5.97. The minimum absolute atomic E-state index is 0.600. The third kappa shape index (κ3) is 2.73. The van der Waals surface area contributed by atoms with Gasteiger partial charge in [-0.3, -0.25) is 4.98 Å². The Morgan fingerprint density at radius 1 is 1.56 bits per heavy atom. The van der Waals surface area contributed by atoms with Crippen LogP contribution in [-0.2, 0) is 6.42 Å². The summed E-state index contributed by atoms with van der Waals surface area (Å²) in [5.41, 5.74) is 6.88. The van der Waals surface area contributed by atoms with E-state index in [0.29, 0.717) is 12.3 Å². The quantitative estimate of drug-likeness (QED) is 0.817. The third-order valence-corrected chi connectivity index (χ3v) is 3.47. The maximum absolute atomic E-state index is 10.3. The topological polar surface area (TPSA) is 59.1 Å². The Kier molecular flexibility index (Phi) is 3.15. The van der Waals surface area contributed by atoms with Gasteiger partial charge in [0, 0.05) is 24.5 Å². The molecule has 88 valence electrons. The lowest BCUT2D eigenvalue weighted by Crippen LogP contribution is -2.32. The van der Waals surface area contributed by atoms with E-state index in [-0.39, 0.29) is 0 Å². The number of hydrogen-bond donors (Lipinski definition) is 2. The van der Waals surface area contributed by atoms with E-state index in [9.17, 15) is 5.11 Å². The summed E-state index contributed by atoms with van der Waals surface area (Å²) in [6.07, 6.45) is 8.75.